The molecule has 1 heterocycles. The number of halogens is 1. The van der Waals surface area contributed by atoms with E-state index in [0.717, 1.165) is 65.2 Å². The van der Waals surface area contributed by atoms with Crippen molar-refractivity contribution >= 4 is 17.7 Å². The largest absolute Gasteiger partial charge is 0.480 e. The van der Waals surface area contributed by atoms with Gasteiger partial charge in [0.2, 0.25) is 0 Å². The Morgan fingerprint density at radius 2 is 1.82 bits per heavy atom. The fourth-order valence-corrected chi connectivity index (χ4v) is 5.60. The Hall–Kier alpha value is -2.64. The van der Waals surface area contributed by atoms with Crippen molar-refractivity contribution in [1.29, 1.82) is 0 Å². The number of rotatable bonds is 9. The highest BCUT2D eigenvalue weighted by Gasteiger charge is 2.26. The molecule has 0 bridgehead atoms. The molecule has 0 spiro atoms. The predicted octanol–water partition coefficient (Wildman–Crippen LogP) is 6.29. The lowest BCUT2D eigenvalue weighted by Crippen LogP contribution is -2.23. The number of thioether (sulfide) groups is 1. The summed E-state index contributed by atoms with van der Waals surface area (Å²) in [5.41, 5.74) is 4.62. The first-order valence-corrected chi connectivity index (χ1v) is 12.9. The molecular weight excluding hydrogens is 451 g/mol. The summed E-state index contributed by atoms with van der Waals surface area (Å²) < 4.78 is 21.8. The molecule has 1 aliphatic rings. The molecule has 1 fully saturated rings. The van der Waals surface area contributed by atoms with Crippen molar-refractivity contribution in [3.63, 3.8) is 0 Å². The van der Waals surface area contributed by atoms with Crippen molar-refractivity contribution in [1.82, 2.24) is 9.78 Å². The van der Waals surface area contributed by atoms with Gasteiger partial charge in [0.15, 0.2) is 0 Å². The zero-order chi connectivity index (χ0) is 24.1. The van der Waals surface area contributed by atoms with Gasteiger partial charge >= 0.3 is 5.97 Å². The molecule has 1 N–H and O–H groups in total. The van der Waals surface area contributed by atoms with Crippen LogP contribution in [0.3, 0.4) is 0 Å². The summed E-state index contributed by atoms with van der Waals surface area (Å²) in [6, 6.07) is 15.3. The summed E-state index contributed by atoms with van der Waals surface area (Å²) in [4.78, 5) is 10.7. The Labute approximate surface area is 204 Å². The molecule has 3 aromatic rings. The smallest absolute Gasteiger partial charge is 0.329 e. The molecule has 0 atom stereocenters. The van der Waals surface area contributed by atoms with Crippen LogP contribution < -0.4 is 0 Å². The average molecular weight is 483 g/mol. The lowest BCUT2D eigenvalue weighted by molar-refractivity contribution is -0.142. The fourth-order valence-electron chi connectivity index (χ4n) is 4.85. The van der Waals surface area contributed by atoms with Gasteiger partial charge < -0.3 is 9.84 Å². The van der Waals surface area contributed by atoms with Crippen molar-refractivity contribution in [3.8, 4) is 22.4 Å². The van der Waals surface area contributed by atoms with Gasteiger partial charge in [0.05, 0.1) is 6.61 Å². The van der Waals surface area contributed by atoms with Crippen molar-refractivity contribution in [3.05, 3.63) is 59.9 Å². The topological polar surface area (TPSA) is 64.4 Å². The van der Waals surface area contributed by atoms with E-state index >= 15 is 0 Å². The van der Waals surface area contributed by atoms with Crippen LogP contribution in [0, 0.1) is 24.6 Å². The van der Waals surface area contributed by atoms with E-state index in [1.54, 1.807) is 23.9 Å². The van der Waals surface area contributed by atoms with Crippen LogP contribution in [-0.2, 0) is 16.1 Å². The summed E-state index contributed by atoms with van der Waals surface area (Å²) in [5, 5.41) is 14.9. The molecule has 1 aromatic heterocycles. The number of hydrogen-bond donors (Lipinski definition) is 1. The van der Waals surface area contributed by atoms with Gasteiger partial charge in [0, 0.05) is 17.7 Å². The maximum absolute atomic E-state index is 14.4. The van der Waals surface area contributed by atoms with Gasteiger partial charge in [-0.1, -0.05) is 36.4 Å². The van der Waals surface area contributed by atoms with Gasteiger partial charge in [-0.25, -0.2) is 9.18 Å². The Bertz CT molecular complexity index is 1100. The highest BCUT2D eigenvalue weighted by Crippen LogP contribution is 2.40. The summed E-state index contributed by atoms with van der Waals surface area (Å²) >= 11 is 1.65. The first-order valence-electron chi connectivity index (χ1n) is 11.7. The second kappa shape index (κ2) is 11.2. The van der Waals surface area contributed by atoms with E-state index in [2.05, 4.69) is 23.1 Å². The third kappa shape index (κ3) is 5.88. The van der Waals surface area contributed by atoms with E-state index in [9.17, 15) is 9.18 Å². The van der Waals surface area contributed by atoms with Crippen LogP contribution >= 0.6 is 11.8 Å². The maximum Gasteiger partial charge on any atom is 0.329 e. The molecule has 5 nitrogen and oxygen atoms in total. The number of carboxylic acid groups (broad SMARTS) is 1. The standard InChI is InChI=1S/C27H31FN2O3S/c1-18-12-22(14-23(28)13-18)25-26(21-6-4-3-5-7-21)29-30(27(25)34-2)15-19-8-10-20(11-9-19)16-33-17-24(31)32/h3-7,12-14,19-20H,8-11,15-17H2,1-2H3,(H,31,32)/t19-,20-. The molecule has 180 valence electrons. The highest BCUT2D eigenvalue weighted by atomic mass is 32.2. The summed E-state index contributed by atoms with van der Waals surface area (Å²) in [6.45, 7) is 3.01. The first kappa shape index (κ1) is 24.5. The fraction of sp³-hybridized carbons (Fsp3) is 0.407. The monoisotopic (exact) mass is 482 g/mol. The summed E-state index contributed by atoms with van der Waals surface area (Å²) in [7, 11) is 0. The lowest BCUT2D eigenvalue weighted by atomic mass is 9.82. The van der Waals surface area contributed by atoms with Gasteiger partial charge in [-0.15, -0.1) is 11.8 Å². The second-order valence-corrected chi connectivity index (χ2v) is 9.89. The molecule has 0 saturated heterocycles. The van der Waals surface area contributed by atoms with E-state index in [-0.39, 0.29) is 12.4 Å². The van der Waals surface area contributed by atoms with Crippen molar-refractivity contribution < 1.29 is 19.0 Å². The number of aryl methyl sites for hydroxylation is 1. The van der Waals surface area contributed by atoms with E-state index in [4.69, 9.17) is 14.9 Å². The van der Waals surface area contributed by atoms with Crippen LogP contribution in [0.1, 0.15) is 31.2 Å². The number of aromatic nitrogens is 2. The Morgan fingerprint density at radius 3 is 2.47 bits per heavy atom. The van der Waals surface area contributed by atoms with Crippen molar-refractivity contribution in [2.75, 3.05) is 19.5 Å². The summed E-state index contributed by atoms with van der Waals surface area (Å²) in [5.74, 6) is -0.251. The number of carboxylic acids is 1. The minimum Gasteiger partial charge on any atom is -0.480 e. The van der Waals surface area contributed by atoms with Gasteiger partial charge in [-0.3, -0.25) is 4.68 Å². The number of ether oxygens (including phenoxy) is 1. The minimum absolute atomic E-state index is 0.227. The molecular formula is C27H31FN2O3S. The maximum atomic E-state index is 14.4. The normalized spacial score (nSPS) is 18.2. The Balaban J connectivity index is 1.59. The number of aliphatic carboxylic acids is 1. The van der Waals surface area contributed by atoms with Crippen LogP contribution in [-0.4, -0.2) is 40.3 Å². The molecule has 4 rings (SSSR count). The third-order valence-corrected chi connectivity index (χ3v) is 7.26. The zero-order valence-electron chi connectivity index (χ0n) is 19.7. The SMILES string of the molecule is CSc1c(-c2cc(C)cc(F)c2)c(-c2ccccc2)nn1C[C@H]1CC[C@H](COCC(=O)O)CC1. The van der Waals surface area contributed by atoms with E-state index < -0.39 is 5.97 Å². The molecule has 0 aliphatic heterocycles. The van der Waals surface area contributed by atoms with Crippen LogP contribution in [0.5, 0.6) is 0 Å². The van der Waals surface area contributed by atoms with Crippen LogP contribution in [0.4, 0.5) is 4.39 Å². The average Bonchev–Trinajstić information content (AvgIpc) is 3.18. The quantitative estimate of drug-likeness (QED) is 0.363. The zero-order valence-corrected chi connectivity index (χ0v) is 20.5. The number of hydrogen-bond acceptors (Lipinski definition) is 4. The molecule has 0 amide bonds. The molecule has 0 radical (unpaired) electrons. The minimum atomic E-state index is -0.921. The second-order valence-electron chi connectivity index (χ2n) is 9.09. The van der Waals surface area contributed by atoms with E-state index in [0.29, 0.717) is 18.4 Å². The molecule has 0 unspecified atom stereocenters. The van der Waals surface area contributed by atoms with Crippen LogP contribution in [0.2, 0.25) is 0 Å². The van der Waals surface area contributed by atoms with Gasteiger partial charge in [-0.05, 0) is 74.0 Å². The van der Waals surface area contributed by atoms with Gasteiger partial charge in [0.1, 0.15) is 23.1 Å². The van der Waals surface area contributed by atoms with E-state index in [1.807, 2.05) is 31.2 Å². The number of carbonyl (C=O) groups is 1. The Morgan fingerprint density at radius 1 is 1.12 bits per heavy atom. The number of nitrogens with zero attached hydrogens (tertiary/aromatic N) is 2. The molecule has 1 saturated carbocycles. The first-order chi connectivity index (χ1) is 16.4. The Kier molecular flexibility index (Phi) is 8.06. The number of benzene rings is 2. The predicted molar refractivity (Wildman–Crippen MR) is 133 cm³/mol. The molecule has 34 heavy (non-hydrogen) atoms. The lowest BCUT2D eigenvalue weighted by Gasteiger charge is -2.28. The third-order valence-electron chi connectivity index (χ3n) is 6.45. The van der Waals surface area contributed by atoms with Crippen molar-refractivity contribution in [2.24, 2.45) is 11.8 Å². The summed E-state index contributed by atoms with van der Waals surface area (Å²) in [6.07, 6.45) is 6.23. The van der Waals surface area contributed by atoms with Gasteiger partial charge in [-0.2, -0.15) is 5.10 Å². The van der Waals surface area contributed by atoms with Crippen LogP contribution in [0.15, 0.2) is 53.6 Å². The van der Waals surface area contributed by atoms with Crippen LogP contribution in [0.25, 0.3) is 22.4 Å². The van der Waals surface area contributed by atoms with Gasteiger partial charge in [0.25, 0.3) is 0 Å². The molecule has 2 aromatic carbocycles. The highest BCUT2D eigenvalue weighted by molar-refractivity contribution is 7.98. The molecule has 7 heteroatoms. The molecule has 1 aliphatic carbocycles. The van der Waals surface area contributed by atoms with E-state index in [1.165, 1.54) is 0 Å². The van der Waals surface area contributed by atoms with Crippen molar-refractivity contribution in [2.45, 2.75) is 44.2 Å².